The van der Waals surface area contributed by atoms with Gasteiger partial charge in [-0.15, -0.1) is 0 Å². The van der Waals surface area contributed by atoms with Crippen LogP contribution in [-0.2, 0) is 4.74 Å². The molecule has 24 heavy (non-hydrogen) atoms. The van der Waals surface area contributed by atoms with E-state index in [4.69, 9.17) is 4.74 Å². The van der Waals surface area contributed by atoms with Crippen molar-refractivity contribution in [3.05, 3.63) is 23.9 Å². The number of anilines is 1. The Hall–Kier alpha value is -1.83. The van der Waals surface area contributed by atoms with Gasteiger partial charge in [0.05, 0.1) is 12.1 Å². The summed E-state index contributed by atoms with van der Waals surface area (Å²) in [5.41, 5.74) is -3.20. The van der Waals surface area contributed by atoms with Crippen LogP contribution < -0.4 is 4.90 Å². The summed E-state index contributed by atoms with van der Waals surface area (Å²) in [5.74, 6) is 0.0966. The number of alkyl halides is 3. The first kappa shape index (κ1) is 18.5. The summed E-state index contributed by atoms with van der Waals surface area (Å²) in [5, 5.41) is 0. The number of ether oxygens (including phenoxy) is 1. The van der Waals surface area contributed by atoms with Crippen molar-refractivity contribution in [1.29, 1.82) is 0 Å². The van der Waals surface area contributed by atoms with Gasteiger partial charge in [-0.25, -0.2) is 4.98 Å². The molecule has 0 spiro atoms. The molecule has 1 aromatic heterocycles. The number of rotatable bonds is 2. The van der Waals surface area contributed by atoms with Crippen LogP contribution in [0.2, 0.25) is 0 Å². The van der Waals surface area contributed by atoms with Gasteiger partial charge in [-0.3, -0.25) is 4.79 Å². The summed E-state index contributed by atoms with van der Waals surface area (Å²) < 4.78 is 45.5. The standard InChI is InChI=1S/C16H22F3N3O2/c1-14(2)9-22(10-15(3,24-14)16(17,18)19)13(23)11-6-7-20-12(8-11)21(4)5/h6-8H,9-10H2,1-5H3/t15-/m0/s1. The molecule has 0 unspecified atom stereocenters. The summed E-state index contributed by atoms with van der Waals surface area (Å²) >= 11 is 0. The first-order chi connectivity index (χ1) is 10.8. The molecule has 0 radical (unpaired) electrons. The van der Waals surface area contributed by atoms with E-state index in [1.165, 1.54) is 17.2 Å². The SMILES string of the molecule is CN(C)c1cc(C(=O)N2CC(C)(C)O[C@](C)(C(F)(F)F)C2)ccn1. The molecule has 0 aromatic carbocycles. The maximum Gasteiger partial charge on any atom is 0.418 e. The maximum atomic E-state index is 13.4. The number of morpholine rings is 1. The number of carbonyl (C=O) groups is 1. The lowest BCUT2D eigenvalue weighted by atomic mass is 9.96. The second-order valence-electron chi connectivity index (χ2n) is 7.05. The molecule has 1 atom stereocenters. The molecule has 5 nitrogen and oxygen atoms in total. The van der Waals surface area contributed by atoms with Gasteiger partial charge in [0.1, 0.15) is 5.82 Å². The summed E-state index contributed by atoms with van der Waals surface area (Å²) in [4.78, 5) is 19.8. The van der Waals surface area contributed by atoms with Crippen molar-refractivity contribution in [3.63, 3.8) is 0 Å². The fourth-order valence-electron chi connectivity index (χ4n) is 2.82. The number of aromatic nitrogens is 1. The predicted molar refractivity (Wildman–Crippen MR) is 84.1 cm³/mol. The molecule has 1 aliphatic heterocycles. The van der Waals surface area contributed by atoms with E-state index in [0.29, 0.717) is 11.4 Å². The highest BCUT2D eigenvalue weighted by Gasteiger charge is 2.58. The summed E-state index contributed by atoms with van der Waals surface area (Å²) in [6.07, 6.45) is -3.10. The second kappa shape index (κ2) is 5.91. The van der Waals surface area contributed by atoms with Crippen molar-refractivity contribution in [2.45, 2.75) is 38.1 Å². The highest BCUT2D eigenvalue weighted by Crippen LogP contribution is 2.40. The van der Waals surface area contributed by atoms with Crippen molar-refractivity contribution >= 4 is 11.7 Å². The Kier molecular flexibility index (Phi) is 4.56. The van der Waals surface area contributed by atoms with Crippen molar-refractivity contribution < 1.29 is 22.7 Å². The van der Waals surface area contributed by atoms with Crippen LogP contribution in [0.15, 0.2) is 18.3 Å². The minimum atomic E-state index is -4.57. The molecule has 1 saturated heterocycles. The molecule has 1 fully saturated rings. The van der Waals surface area contributed by atoms with Crippen LogP contribution >= 0.6 is 0 Å². The Bertz CT molecular complexity index is 631. The first-order valence-electron chi connectivity index (χ1n) is 7.54. The third kappa shape index (κ3) is 3.63. The van der Waals surface area contributed by atoms with E-state index >= 15 is 0 Å². The third-order valence-corrected chi connectivity index (χ3v) is 3.90. The fraction of sp³-hybridized carbons (Fsp3) is 0.625. The van der Waals surface area contributed by atoms with Crippen molar-refractivity contribution in [2.24, 2.45) is 0 Å². The van der Waals surface area contributed by atoms with Crippen LogP contribution in [0.25, 0.3) is 0 Å². The van der Waals surface area contributed by atoms with Gasteiger partial charge in [0.2, 0.25) is 0 Å². The number of pyridine rings is 1. The van der Waals surface area contributed by atoms with Gasteiger partial charge in [-0.05, 0) is 32.9 Å². The molecule has 2 heterocycles. The average molecular weight is 345 g/mol. The number of nitrogens with zero attached hydrogens (tertiary/aromatic N) is 3. The zero-order chi connectivity index (χ0) is 18.3. The van der Waals surface area contributed by atoms with Gasteiger partial charge in [0.15, 0.2) is 5.60 Å². The van der Waals surface area contributed by atoms with Crippen LogP contribution in [0.4, 0.5) is 19.0 Å². The smallest absolute Gasteiger partial charge is 0.363 e. The second-order valence-corrected chi connectivity index (χ2v) is 7.05. The van der Waals surface area contributed by atoms with Crippen molar-refractivity contribution in [2.75, 3.05) is 32.1 Å². The van der Waals surface area contributed by atoms with Crippen LogP contribution in [0.5, 0.6) is 0 Å². The molecule has 0 saturated carbocycles. The topological polar surface area (TPSA) is 45.7 Å². The fourth-order valence-corrected chi connectivity index (χ4v) is 2.82. The number of halogens is 3. The molecule has 1 amide bonds. The lowest BCUT2D eigenvalue weighted by Gasteiger charge is -2.48. The minimum absolute atomic E-state index is 0.0805. The molecular weight excluding hydrogens is 323 g/mol. The first-order valence-corrected chi connectivity index (χ1v) is 7.54. The zero-order valence-electron chi connectivity index (χ0n) is 14.4. The van der Waals surface area contributed by atoms with Gasteiger partial charge < -0.3 is 14.5 Å². The average Bonchev–Trinajstić information content (AvgIpc) is 2.43. The van der Waals surface area contributed by atoms with E-state index in [2.05, 4.69) is 4.98 Å². The highest BCUT2D eigenvalue weighted by atomic mass is 19.4. The van der Waals surface area contributed by atoms with Crippen LogP contribution in [-0.4, -0.2) is 60.4 Å². The van der Waals surface area contributed by atoms with Crippen LogP contribution in [0.1, 0.15) is 31.1 Å². The van der Waals surface area contributed by atoms with Gasteiger partial charge in [-0.2, -0.15) is 13.2 Å². The van der Waals surface area contributed by atoms with E-state index < -0.39 is 29.8 Å². The largest absolute Gasteiger partial charge is 0.418 e. The Morgan fingerprint density at radius 3 is 2.46 bits per heavy atom. The van der Waals surface area contributed by atoms with E-state index in [1.807, 2.05) is 0 Å². The van der Waals surface area contributed by atoms with Crippen LogP contribution in [0, 0.1) is 0 Å². The number of hydrogen-bond donors (Lipinski definition) is 0. The Balaban J connectivity index is 2.33. The molecule has 0 N–H and O–H groups in total. The normalized spacial score (nSPS) is 23.9. The molecule has 1 aliphatic rings. The predicted octanol–water partition coefficient (Wildman–Crippen LogP) is 2.72. The molecule has 8 heteroatoms. The maximum absolute atomic E-state index is 13.4. The van der Waals surface area contributed by atoms with Gasteiger partial charge >= 0.3 is 6.18 Å². The van der Waals surface area contributed by atoms with Gasteiger partial charge in [0.25, 0.3) is 5.91 Å². The minimum Gasteiger partial charge on any atom is -0.363 e. The Morgan fingerprint density at radius 2 is 1.92 bits per heavy atom. The molecule has 0 bridgehead atoms. The number of amides is 1. The Labute approximate surface area is 139 Å². The lowest BCUT2D eigenvalue weighted by molar-refractivity contribution is -0.318. The third-order valence-electron chi connectivity index (χ3n) is 3.90. The lowest BCUT2D eigenvalue weighted by Crippen LogP contribution is -2.65. The molecular formula is C16H22F3N3O2. The van der Waals surface area contributed by atoms with Crippen molar-refractivity contribution in [1.82, 2.24) is 9.88 Å². The molecule has 134 valence electrons. The summed E-state index contributed by atoms with van der Waals surface area (Å²) in [6.45, 7) is 3.62. The highest BCUT2D eigenvalue weighted by molar-refractivity contribution is 5.95. The van der Waals surface area contributed by atoms with Crippen LogP contribution in [0.3, 0.4) is 0 Å². The van der Waals surface area contributed by atoms with E-state index in [-0.39, 0.29) is 6.54 Å². The van der Waals surface area contributed by atoms with E-state index in [0.717, 1.165) is 6.92 Å². The van der Waals surface area contributed by atoms with Gasteiger partial charge in [0, 0.05) is 32.4 Å². The zero-order valence-corrected chi connectivity index (χ0v) is 14.4. The number of carbonyl (C=O) groups excluding carboxylic acids is 1. The summed E-state index contributed by atoms with van der Waals surface area (Å²) in [7, 11) is 3.55. The quantitative estimate of drug-likeness (QED) is 0.827. The molecule has 2 rings (SSSR count). The van der Waals surface area contributed by atoms with E-state index in [9.17, 15) is 18.0 Å². The number of hydrogen-bond acceptors (Lipinski definition) is 4. The Morgan fingerprint density at radius 1 is 1.29 bits per heavy atom. The molecule has 1 aromatic rings. The summed E-state index contributed by atoms with van der Waals surface area (Å²) in [6, 6.07) is 3.07. The van der Waals surface area contributed by atoms with Crippen molar-refractivity contribution in [3.8, 4) is 0 Å². The molecule has 0 aliphatic carbocycles. The van der Waals surface area contributed by atoms with E-state index in [1.54, 1.807) is 38.9 Å². The van der Waals surface area contributed by atoms with Gasteiger partial charge in [-0.1, -0.05) is 0 Å². The monoisotopic (exact) mass is 345 g/mol.